The first kappa shape index (κ1) is 12.4. The van der Waals surface area contributed by atoms with Gasteiger partial charge < -0.3 is 11.1 Å². The second-order valence-electron chi connectivity index (χ2n) is 5.54. The van der Waals surface area contributed by atoms with Crippen molar-refractivity contribution in [3.63, 3.8) is 0 Å². The largest absolute Gasteiger partial charge is 0.389 e. The maximum Gasteiger partial charge on any atom is 0.106 e. The van der Waals surface area contributed by atoms with Gasteiger partial charge in [0, 0.05) is 22.3 Å². The van der Waals surface area contributed by atoms with Crippen molar-refractivity contribution in [3.05, 3.63) is 28.2 Å². The average Bonchev–Trinajstić information content (AvgIpc) is 3.18. The van der Waals surface area contributed by atoms with Gasteiger partial charge in [-0.25, -0.2) is 0 Å². The van der Waals surface area contributed by atoms with Gasteiger partial charge in [0.25, 0.3) is 0 Å². The summed E-state index contributed by atoms with van der Waals surface area (Å²) in [5.41, 5.74) is 8.35. The van der Waals surface area contributed by atoms with Gasteiger partial charge in [-0.05, 0) is 55.2 Å². The Morgan fingerprint density at radius 3 is 2.72 bits per heavy atom. The van der Waals surface area contributed by atoms with Crippen LogP contribution in [0.25, 0.3) is 0 Å². The van der Waals surface area contributed by atoms with E-state index in [-0.39, 0.29) is 0 Å². The zero-order valence-electron chi connectivity index (χ0n) is 10.2. The van der Waals surface area contributed by atoms with Crippen LogP contribution >= 0.6 is 28.1 Å². The van der Waals surface area contributed by atoms with Crippen molar-refractivity contribution in [2.45, 2.75) is 25.7 Å². The van der Waals surface area contributed by atoms with Crippen LogP contribution in [0, 0.1) is 11.3 Å². The van der Waals surface area contributed by atoms with Crippen molar-refractivity contribution < 1.29 is 0 Å². The van der Waals surface area contributed by atoms with Crippen LogP contribution in [-0.4, -0.2) is 11.5 Å². The first-order valence-electron chi connectivity index (χ1n) is 6.44. The van der Waals surface area contributed by atoms with E-state index >= 15 is 0 Å². The number of rotatable bonds is 5. The smallest absolute Gasteiger partial charge is 0.106 e. The molecule has 0 atom stereocenters. The number of hydrogen-bond acceptors (Lipinski definition) is 2. The average molecular weight is 325 g/mol. The SMILES string of the molecule is NC(=S)c1ccc(Br)cc1NCC1(C2CC2)CC1. The van der Waals surface area contributed by atoms with Crippen LogP contribution in [0.15, 0.2) is 22.7 Å². The van der Waals surface area contributed by atoms with Crippen LogP contribution in [0.4, 0.5) is 5.69 Å². The molecule has 0 spiro atoms. The standard InChI is InChI=1S/C14H17BrN2S/c15-10-3-4-11(13(16)18)12(7-10)17-8-14(5-6-14)9-1-2-9/h3-4,7,9,17H,1-2,5-6,8H2,(H2,16,18). The maximum absolute atomic E-state index is 5.77. The number of nitrogens with one attached hydrogen (secondary N) is 1. The zero-order chi connectivity index (χ0) is 12.8. The lowest BCUT2D eigenvalue weighted by Gasteiger charge is -2.18. The minimum Gasteiger partial charge on any atom is -0.389 e. The molecule has 0 radical (unpaired) electrons. The maximum atomic E-state index is 5.77. The third-order valence-electron chi connectivity index (χ3n) is 4.21. The first-order chi connectivity index (χ1) is 8.61. The Balaban J connectivity index is 1.75. The highest BCUT2D eigenvalue weighted by atomic mass is 79.9. The molecule has 2 saturated carbocycles. The van der Waals surface area contributed by atoms with Gasteiger partial charge in [-0.2, -0.15) is 0 Å². The van der Waals surface area contributed by atoms with Crippen molar-refractivity contribution in [1.82, 2.24) is 0 Å². The van der Waals surface area contributed by atoms with Gasteiger partial charge in [-0.15, -0.1) is 0 Å². The molecule has 0 saturated heterocycles. The molecule has 96 valence electrons. The zero-order valence-corrected chi connectivity index (χ0v) is 12.6. The van der Waals surface area contributed by atoms with Gasteiger partial charge in [0.1, 0.15) is 4.99 Å². The fraction of sp³-hybridized carbons (Fsp3) is 0.500. The molecule has 0 unspecified atom stereocenters. The quantitative estimate of drug-likeness (QED) is 0.811. The van der Waals surface area contributed by atoms with Crippen LogP contribution in [-0.2, 0) is 0 Å². The number of hydrogen-bond donors (Lipinski definition) is 2. The molecular formula is C14H17BrN2S. The molecule has 0 bridgehead atoms. The van der Waals surface area contributed by atoms with Gasteiger partial charge in [-0.1, -0.05) is 28.1 Å². The lowest BCUT2D eigenvalue weighted by molar-refractivity contribution is 0.467. The van der Waals surface area contributed by atoms with Gasteiger partial charge in [-0.3, -0.25) is 0 Å². The van der Waals surface area contributed by atoms with Gasteiger partial charge >= 0.3 is 0 Å². The molecule has 1 aromatic rings. The third-order valence-corrected chi connectivity index (χ3v) is 4.93. The molecule has 2 nitrogen and oxygen atoms in total. The van der Waals surface area contributed by atoms with Crippen molar-refractivity contribution in [1.29, 1.82) is 0 Å². The van der Waals surface area contributed by atoms with Crippen LogP contribution in [0.1, 0.15) is 31.2 Å². The summed E-state index contributed by atoms with van der Waals surface area (Å²) in [6.07, 6.45) is 5.59. The Labute approximate surface area is 121 Å². The third kappa shape index (κ3) is 2.41. The Morgan fingerprint density at radius 1 is 1.44 bits per heavy atom. The van der Waals surface area contributed by atoms with Crippen molar-refractivity contribution in [2.75, 3.05) is 11.9 Å². The van der Waals surface area contributed by atoms with E-state index in [1.54, 1.807) is 0 Å². The van der Waals surface area contributed by atoms with Gasteiger partial charge in [0.15, 0.2) is 0 Å². The number of thiocarbonyl (C=S) groups is 1. The van der Waals surface area contributed by atoms with E-state index in [4.69, 9.17) is 18.0 Å². The molecular weight excluding hydrogens is 308 g/mol. The van der Waals surface area contributed by atoms with E-state index in [9.17, 15) is 0 Å². The summed E-state index contributed by atoms with van der Waals surface area (Å²) in [6.45, 7) is 1.06. The molecule has 0 amide bonds. The Bertz CT molecular complexity index is 493. The summed E-state index contributed by atoms with van der Waals surface area (Å²) in [7, 11) is 0. The summed E-state index contributed by atoms with van der Waals surface area (Å²) >= 11 is 8.60. The molecule has 2 aliphatic rings. The highest BCUT2D eigenvalue weighted by molar-refractivity contribution is 9.10. The summed E-state index contributed by atoms with van der Waals surface area (Å²) in [5, 5.41) is 3.56. The fourth-order valence-corrected chi connectivity index (χ4v) is 3.27. The molecule has 2 fully saturated rings. The Kier molecular flexibility index (Phi) is 3.10. The second-order valence-corrected chi connectivity index (χ2v) is 6.90. The molecule has 4 heteroatoms. The highest BCUT2D eigenvalue weighted by Crippen LogP contribution is 2.61. The van der Waals surface area contributed by atoms with E-state index in [1.165, 1.54) is 25.7 Å². The molecule has 18 heavy (non-hydrogen) atoms. The molecule has 1 aromatic carbocycles. The van der Waals surface area contributed by atoms with E-state index in [2.05, 4.69) is 27.3 Å². The van der Waals surface area contributed by atoms with Crippen LogP contribution < -0.4 is 11.1 Å². The van der Waals surface area contributed by atoms with Crippen molar-refractivity contribution in [3.8, 4) is 0 Å². The number of halogens is 1. The normalized spacial score (nSPS) is 20.5. The summed E-state index contributed by atoms with van der Waals surface area (Å²) in [4.78, 5) is 0.460. The van der Waals surface area contributed by atoms with E-state index in [0.717, 1.165) is 28.2 Å². The molecule has 0 heterocycles. The van der Waals surface area contributed by atoms with E-state index in [0.29, 0.717) is 10.4 Å². The lowest BCUT2D eigenvalue weighted by Crippen LogP contribution is -2.20. The van der Waals surface area contributed by atoms with Gasteiger partial charge in [0.05, 0.1) is 0 Å². The van der Waals surface area contributed by atoms with Crippen molar-refractivity contribution >= 4 is 38.8 Å². The summed E-state index contributed by atoms with van der Waals surface area (Å²) < 4.78 is 1.06. The minimum atomic E-state index is 0.460. The minimum absolute atomic E-state index is 0.460. The molecule has 3 rings (SSSR count). The number of anilines is 1. The Hall–Kier alpha value is -0.610. The first-order valence-corrected chi connectivity index (χ1v) is 7.64. The molecule has 0 aromatic heterocycles. The second kappa shape index (κ2) is 4.49. The fourth-order valence-electron chi connectivity index (χ4n) is 2.73. The number of benzene rings is 1. The monoisotopic (exact) mass is 324 g/mol. The predicted molar refractivity (Wildman–Crippen MR) is 82.9 cm³/mol. The van der Waals surface area contributed by atoms with Crippen molar-refractivity contribution in [2.24, 2.45) is 17.1 Å². The van der Waals surface area contributed by atoms with E-state index < -0.39 is 0 Å². The summed E-state index contributed by atoms with van der Waals surface area (Å²) in [5.74, 6) is 0.963. The Morgan fingerprint density at radius 2 is 2.17 bits per heavy atom. The van der Waals surface area contributed by atoms with Crippen LogP contribution in [0.5, 0.6) is 0 Å². The predicted octanol–water partition coefficient (Wildman–Crippen LogP) is 3.69. The van der Waals surface area contributed by atoms with E-state index in [1.807, 2.05) is 12.1 Å². The summed E-state index contributed by atoms with van der Waals surface area (Å²) in [6, 6.07) is 6.02. The van der Waals surface area contributed by atoms with Crippen LogP contribution in [0.3, 0.4) is 0 Å². The van der Waals surface area contributed by atoms with Gasteiger partial charge in [0.2, 0.25) is 0 Å². The van der Waals surface area contributed by atoms with Crippen LogP contribution in [0.2, 0.25) is 0 Å². The topological polar surface area (TPSA) is 38.0 Å². The highest BCUT2D eigenvalue weighted by Gasteiger charge is 2.53. The molecule has 2 aliphatic carbocycles. The lowest BCUT2D eigenvalue weighted by atomic mass is 10.0. The molecule has 0 aliphatic heterocycles. The molecule has 3 N–H and O–H groups in total. The number of nitrogens with two attached hydrogens (primary N) is 1.